The molecule has 1 rings (SSSR count). The Balaban J connectivity index is 3.00. The van der Waals surface area contributed by atoms with Crippen LogP contribution in [0.1, 0.15) is 18.0 Å². The van der Waals surface area contributed by atoms with E-state index in [1.807, 2.05) is 0 Å². The van der Waals surface area contributed by atoms with Gasteiger partial charge in [-0.15, -0.1) is 6.58 Å². The summed E-state index contributed by atoms with van der Waals surface area (Å²) in [5.74, 6) is 0. The van der Waals surface area contributed by atoms with Crippen molar-refractivity contribution in [1.29, 1.82) is 0 Å². The Labute approximate surface area is 81.2 Å². The lowest BCUT2D eigenvalue weighted by Crippen LogP contribution is -2.13. The predicted octanol–water partition coefficient (Wildman–Crippen LogP) is 1.60. The molecule has 0 spiro atoms. The van der Waals surface area contributed by atoms with Crippen LogP contribution in [0.4, 0.5) is 0 Å². The van der Waals surface area contributed by atoms with Crippen LogP contribution in [0.3, 0.4) is 0 Å². The largest absolute Gasteiger partial charge is 0.324 e. The number of pyridine rings is 1. The molecule has 1 atom stereocenters. The molecular weight excluding hydrogens is 188 g/mol. The summed E-state index contributed by atoms with van der Waals surface area (Å²) in [6, 6.07) is 2.83. The Morgan fingerprint density at radius 1 is 1.69 bits per heavy atom. The van der Waals surface area contributed by atoms with Gasteiger partial charge >= 0.3 is 0 Å². The van der Waals surface area contributed by atoms with Crippen LogP contribution in [-0.4, -0.2) is 4.98 Å². The average Bonchev–Trinajstić information content (AvgIpc) is 2.04. The van der Waals surface area contributed by atoms with Crippen LogP contribution < -0.4 is 11.3 Å². The van der Waals surface area contributed by atoms with Crippen LogP contribution in [0, 0.1) is 0 Å². The van der Waals surface area contributed by atoms with Gasteiger partial charge in [0.25, 0.3) is 0 Å². The van der Waals surface area contributed by atoms with E-state index < -0.39 is 0 Å². The molecule has 1 aromatic rings. The normalized spacial score (nSPS) is 12.5. The van der Waals surface area contributed by atoms with Crippen molar-refractivity contribution >= 4 is 11.6 Å². The van der Waals surface area contributed by atoms with Gasteiger partial charge in [-0.3, -0.25) is 4.79 Å². The first-order chi connectivity index (χ1) is 6.15. The molecule has 70 valence electrons. The molecule has 0 aliphatic heterocycles. The number of halogens is 1. The lowest BCUT2D eigenvalue weighted by molar-refractivity contribution is 0.736. The Morgan fingerprint density at radius 3 is 2.92 bits per heavy atom. The van der Waals surface area contributed by atoms with Gasteiger partial charge in [0.1, 0.15) is 5.15 Å². The number of rotatable bonds is 3. The maximum atomic E-state index is 10.8. The second kappa shape index (κ2) is 4.25. The van der Waals surface area contributed by atoms with Crippen molar-refractivity contribution in [3.63, 3.8) is 0 Å². The summed E-state index contributed by atoms with van der Waals surface area (Å²) >= 11 is 5.79. The van der Waals surface area contributed by atoms with Crippen molar-refractivity contribution in [3.05, 3.63) is 45.9 Å². The van der Waals surface area contributed by atoms with Gasteiger partial charge in [0, 0.05) is 17.7 Å². The number of nitrogens with two attached hydrogens (primary N) is 1. The van der Waals surface area contributed by atoms with E-state index in [0.717, 1.165) is 5.56 Å². The standard InChI is InChI=1S/C9H11ClN2O/c1-2-3-7(11)6-4-5-8(13)12-9(6)10/h2,4-5,7H,1,3,11H2,(H,12,13)/t7-/m1/s1. The van der Waals surface area contributed by atoms with Crippen LogP contribution in [0.25, 0.3) is 0 Å². The highest BCUT2D eigenvalue weighted by atomic mass is 35.5. The number of nitrogens with one attached hydrogen (secondary N) is 1. The summed E-state index contributed by atoms with van der Waals surface area (Å²) < 4.78 is 0. The fourth-order valence-electron chi connectivity index (χ4n) is 1.05. The first-order valence-corrected chi connectivity index (χ1v) is 4.28. The monoisotopic (exact) mass is 198 g/mol. The number of aromatic amines is 1. The van der Waals surface area contributed by atoms with E-state index in [4.69, 9.17) is 17.3 Å². The zero-order valence-corrected chi connectivity index (χ0v) is 7.84. The highest BCUT2D eigenvalue weighted by Crippen LogP contribution is 2.19. The van der Waals surface area contributed by atoms with E-state index in [1.54, 1.807) is 12.1 Å². The Bertz CT molecular complexity index is 359. The summed E-state index contributed by atoms with van der Waals surface area (Å²) in [7, 11) is 0. The molecule has 3 nitrogen and oxygen atoms in total. The van der Waals surface area contributed by atoms with Gasteiger partial charge in [-0.05, 0) is 12.5 Å². The van der Waals surface area contributed by atoms with E-state index in [1.165, 1.54) is 6.07 Å². The van der Waals surface area contributed by atoms with Crippen molar-refractivity contribution in [2.45, 2.75) is 12.5 Å². The Morgan fingerprint density at radius 2 is 2.38 bits per heavy atom. The summed E-state index contributed by atoms with van der Waals surface area (Å²) in [4.78, 5) is 13.3. The molecular formula is C9H11ClN2O. The zero-order valence-electron chi connectivity index (χ0n) is 7.09. The van der Waals surface area contributed by atoms with Crippen molar-refractivity contribution in [1.82, 2.24) is 4.98 Å². The second-order valence-corrected chi connectivity index (χ2v) is 3.10. The minimum absolute atomic E-state index is 0.207. The first-order valence-electron chi connectivity index (χ1n) is 3.90. The first kappa shape index (κ1) is 10.0. The number of hydrogen-bond donors (Lipinski definition) is 2. The molecule has 4 heteroatoms. The third kappa shape index (κ3) is 2.44. The van der Waals surface area contributed by atoms with E-state index in [2.05, 4.69) is 11.6 Å². The molecule has 0 aliphatic rings. The van der Waals surface area contributed by atoms with Gasteiger partial charge in [-0.2, -0.15) is 0 Å². The van der Waals surface area contributed by atoms with Gasteiger partial charge in [0.05, 0.1) is 0 Å². The third-order valence-electron chi connectivity index (χ3n) is 1.72. The molecule has 1 heterocycles. The van der Waals surface area contributed by atoms with E-state index in [0.29, 0.717) is 11.6 Å². The van der Waals surface area contributed by atoms with E-state index >= 15 is 0 Å². The fraction of sp³-hybridized carbons (Fsp3) is 0.222. The predicted molar refractivity (Wildman–Crippen MR) is 53.8 cm³/mol. The maximum absolute atomic E-state index is 10.8. The Hall–Kier alpha value is -1.06. The fourth-order valence-corrected chi connectivity index (χ4v) is 1.35. The summed E-state index contributed by atoms with van der Waals surface area (Å²) in [5.41, 5.74) is 6.29. The summed E-state index contributed by atoms with van der Waals surface area (Å²) in [6.45, 7) is 3.58. The van der Waals surface area contributed by atoms with Crippen molar-refractivity contribution in [2.75, 3.05) is 0 Å². The van der Waals surface area contributed by atoms with Crippen LogP contribution in [0.2, 0.25) is 5.15 Å². The smallest absolute Gasteiger partial charge is 0.249 e. The third-order valence-corrected chi connectivity index (χ3v) is 2.03. The number of H-pyrrole nitrogens is 1. The second-order valence-electron chi connectivity index (χ2n) is 2.72. The summed E-state index contributed by atoms with van der Waals surface area (Å²) in [6.07, 6.45) is 2.35. The van der Waals surface area contributed by atoms with Crippen molar-refractivity contribution < 1.29 is 0 Å². The lowest BCUT2D eigenvalue weighted by atomic mass is 10.1. The highest BCUT2D eigenvalue weighted by Gasteiger charge is 2.08. The van der Waals surface area contributed by atoms with Gasteiger partial charge in [-0.1, -0.05) is 17.7 Å². The SMILES string of the molecule is C=CC[C@@H](N)c1ccc(=O)[nH]c1Cl. The molecule has 3 N–H and O–H groups in total. The quantitative estimate of drug-likeness (QED) is 0.573. The molecule has 0 amide bonds. The van der Waals surface area contributed by atoms with Gasteiger partial charge in [-0.25, -0.2) is 0 Å². The minimum Gasteiger partial charge on any atom is -0.324 e. The van der Waals surface area contributed by atoms with E-state index in [-0.39, 0.29) is 11.6 Å². The molecule has 0 saturated heterocycles. The molecule has 1 aromatic heterocycles. The molecule has 0 unspecified atom stereocenters. The van der Waals surface area contributed by atoms with Crippen LogP contribution >= 0.6 is 11.6 Å². The molecule has 0 aromatic carbocycles. The van der Waals surface area contributed by atoms with Gasteiger partial charge in [0.15, 0.2) is 0 Å². The molecule has 13 heavy (non-hydrogen) atoms. The van der Waals surface area contributed by atoms with Crippen molar-refractivity contribution in [2.24, 2.45) is 5.73 Å². The highest BCUT2D eigenvalue weighted by molar-refractivity contribution is 6.30. The van der Waals surface area contributed by atoms with Gasteiger partial charge < -0.3 is 10.7 Å². The number of hydrogen-bond acceptors (Lipinski definition) is 2. The number of aromatic nitrogens is 1. The van der Waals surface area contributed by atoms with Crippen molar-refractivity contribution in [3.8, 4) is 0 Å². The molecule has 0 radical (unpaired) electrons. The van der Waals surface area contributed by atoms with Crippen LogP contribution in [0.5, 0.6) is 0 Å². The average molecular weight is 199 g/mol. The van der Waals surface area contributed by atoms with Crippen LogP contribution in [-0.2, 0) is 0 Å². The molecule has 0 bridgehead atoms. The topological polar surface area (TPSA) is 58.9 Å². The van der Waals surface area contributed by atoms with Gasteiger partial charge in [0.2, 0.25) is 5.56 Å². The van der Waals surface area contributed by atoms with E-state index in [9.17, 15) is 4.79 Å². The maximum Gasteiger partial charge on any atom is 0.249 e. The zero-order chi connectivity index (χ0) is 9.84. The minimum atomic E-state index is -0.223. The molecule has 0 aliphatic carbocycles. The Kier molecular flexibility index (Phi) is 3.28. The molecule has 0 fully saturated rings. The molecule has 0 saturated carbocycles. The lowest BCUT2D eigenvalue weighted by Gasteiger charge is -2.10. The summed E-state index contributed by atoms with van der Waals surface area (Å²) in [5, 5.41) is 0.307. The van der Waals surface area contributed by atoms with Crippen LogP contribution in [0.15, 0.2) is 29.6 Å².